The molecule has 5 unspecified atom stereocenters. The Hall–Kier alpha value is -2.16. The molecule has 0 saturated heterocycles. The number of hydrogen-bond donors (Lipinski definition) is 4. The molecule has 4 aliphatic rings. The molecule has 4 aliphatic carbocycles. The number of hydrogen-bond acceptors (Lipinski definition) is 4. The van der Waals surface area contributed by atoms with E-state index in [9.17, 15) is 10.2 Å². The first kappa shape index (κ1) is 17.9. The van der Waals surface area contributed by atoms with Crippen LogP contribution in [0.1, 0.15) is 36.8 Å². The summed E-state index contributed by atoms with van der Waals surface area (Å²) in [6.45, 7) is 0. The van der Waals surface area contributed by atoms with Gasteiger partial charge in [0, 0.05) is 22.9 Å². The summed E-state index contributed by atoms with van der Waals surface area (Å²) in [7, 11) is 0. The number of aliphatic hydroxyl groups is 2. The highest BCUT2D eigenvalue weighted by Crippen LogP contribution is 2.65. The van der Waals surface area contributed by atoms with Crippen molar-refractivity contribution in [2.75, 3.05) is 0 Å². The first-order valence-corrected chi connectivity index (χ1v) is 9.99. The first-order chi connectivity index (χ1) is 13.3. The summed E-state index contributed by atoms with van der Waals surface area (Å²) in [6.07, 6.45) is 8.76. The minimum Gasteiger partial charge on any atom is -0.365 e. The average Bonchev–Trinajstić information content (AvgIpc) is 2.69. The van der Waals surface area contributed by atoms with E-state index >= 15 is 0 Å². The van der Waals surface area contributed by atoms with Crippen LogP contribution in [0.3, 0.4) is 0 Å². The zero-order valence-electron chi connectivity index (χ0n) is 15.8. The van der Waals surface area contributed by atoms with Gasteiger partial charge in [-0.05, 0) is 48.3 Å². The molecule has 0 aromatic heterocycles. The zero-order valence-corrected chi connectivity index (χ0v) is 15.8. The maximum atomic E-state index is 11.0. The summed E-state index contributed by atoms with van der Waals surface area (Å²) in [4.78, 5) is 0. The summed E-state index contributed by atoms with van der Waals surface area (Å²) < 4.78 is 0. The van der Waals surface area contributed by atoms with Gasteiger partial charge in [-0.3, -0.25) is 0 Å². The summed E-state index contributed by atoms with van der Waals surface area (Å²) in [5.74, 6) is 0.663. The van der Waals surface area contributed by atoms with Crippen LogP contribution in [-0.2, 0) is 5.54 Å². The highest BCUT2D eigenvalue weighted by Gasteiger charge is 2.71. The lowest BCUT2D eigenvalue weighted by Gasteiger charge is -2.68. The fourth-order valence-corrected chi connectivity index (χ4v) is 6.47. The Balaban J connectivity index is 1.74. The molecule has 2 aromatic carbocycles. The van der Waals surface area contributed by atoms with Gasteiger partial charge in [0.25, 0.3) is 0 Å². The molecule has 4 fully saturated rings. The Morgan fingerprint density at radius 2 is 1.71 bits per heavy atom. The zero-order chi connectivity index (χ0) is 19.7. The summed E-state index contributed by atoms with van der Waals surface area (Å²) >= 11 is 0. The third-order valence-electron chi connectivity index (χ3n) is 7.68. The Kier molecular flexibility index (Phi) is 3.63. The fraction of sp³-hybridized carbons (Fsp3) is 0.417. The quantitative estimate of drug-likeness (QED) is 0.479. The predicted molar refractivity (Wildman–Crippen MR) is 109 cm³/mol. The third kappa shape index (κ3) is 2.11. The predicted octanol–water partition coefficient (Wildman–Crippen LogP) is 2.32. The molecule has 0 heterocycles. The molecule has 0 spiro atoms. The Morgan fingerprint density at radius 3 is 2.43 bits per heavy atom. The molecule has 4 heteroatoms. The number of rotatable bonds is 2. The molecule has 28 heavy (non-hydrogen) atoms. The average molecular weight is 374 g/mol. The molecule has 2 aromatic rings. The molecule has 0 aliphatic heterocycles. The van der Waals surface area contributed by atoms with E-state index in [0.717, 1.165) is 29.5 Å². The van der Waals surface area contributed by atoms with Crippen molar-refractivity contribution in [3.8, 4) is 23.5 Å². The summed E-state index contributed by atoms with van der Waals surface area (Å²) in [6, 6.07) is 15.8. The van der Waals surface area contributed by atoms with Crippen LogP contribution in [0.2, 0.25) is 0 Å². The van der Waals surface area contributed by atoms with E-state index in [4.69, 9.17) is 17.9 Å². The molecule has 0 amide bonds. The van der Waals surface area contributed by atoms with E-state index in [1.807, 2.05) is 48.5 Å². The molecule has 6 rings (SSSR count). The second-order valence-corrected chi connectivity index (χ2v) is 9.04. The van der Waals surface area contributed by atoms with Gasteiger partial charge in [0.05, 0.1) is 5.54 Å². The number of nitrogens with two attached hydrogens (primary N) is 2. The van der Waals surface area contributed by atoms with Crippen LogP contribution in [0.5, 0.6) is 0 Å². The van der Waals surface area contributed by atoms with Gasteiger partial charge >= 0.3 is 0 Å². The topological polar surface area (TPSA) is 92.5 Å². The molecule has 144 valence electrons. The molecule has 4 nitrogen and oxygen atoms in total. The van der Waals surface area contributed by atoms with E-state index in [1.165, 1.54) is 0 Å². The highest BCUT2D eigenvalue weighted by atomic mass is 16.5. The SMILES string of the molecule is C#Cc1c(-c2ccccc2)cccc1C1(N)C2CC3CC(CC1(N)C3)C2(O)O. The molecular weight excluding hydrogens is 348 g/mol. The van der Waals surface area contributed by atoms with E-state index in [0.29, 0.717) is 24.3 Å². The van der Waals surface area contributed by atoms with Gasteiger partial charge in [-0.15, -0.1) is 6.42 Å². The van der Waals surface area contributed by atoms with E-state index in [-0.39, 0.29) is 5.92 Å². The summed E-state index contributed by atoms with van der Waals surface area (Å²) in [5, 5.41) is 22.0. The van der Waals surface area contributed by atoms with Crippen molar-refractivity contribution in [2.45, 2.75) is 42.5 Å². The Morgan fingerprint density at radius 1 is 0.964 bits per heavy atom. The second kappa shape index (κ2) is 5.68. The van der Waals surface area contributed by atoms with Crippen LogP contribution in [-0.4, -0.2) is 21.5 Å². The van der Waals surface area contributed by atoms with Gasteiger partial charge < -0.3 is 21.7 Å². The highest BCUT2D eigenvalue weighted by molar-refractivity contribution is 5.73. The van der Waals surface area contributed by atoms with Gasteiger partial charge in [0.2, 0.25) is 0 Å². The lowest BCUT2D eigenvalue weighted by molar-refractivity contribution is -0.320. The largest absolute Gasteiger partial charge is 0.365 e. The van der Waals surface area contributed by atoms with Crippen LogP contribution in [0.25, 0.3) is 11.1 Å². The molecule has 0 radical (unpaired) electrons. The van der Waals surface area contributed by atoms with Crippen molar-refractivity contribution in [2.24, 2.45) is 29.2 Å². The monoisotopic (exact) mass is 374 g/mol. The van der Waals surface area contributed by atoms with Crippen molar-refractivity contribution in [3.63, 3.8) is 0 Å². The standard InChI is InChI=1S/C24H26N2O2/c1-2-18-19(16-7-4-3-5-8-16)9-6-10-20(18)23(26)21-12-15-11-17(24(21,27)28)14-22(23,25)13-15/h1,3-10,15,17,21,27-28H,11-14,25-26H2. The van der Waals surface area contributed by atoms with E-state index in [1.54, 1.807) is 0 Å². The fourth-order valence-electron chi connectivity index (χ4n) is 6.47. The van der Waals surface area contributed by atoms with Crippen molar-refractivity contribution < 1.29 is 10.2 Å². The van der Waals surface area contributed by atoms with Gasteiger partial charge in [-0.25, -0.2) is 0 Å². The van der Waals surface area contributed by atoms with Crippen LogP contribution < -0.4 is 11.5 Å². The number of benzene rings is 2. The smallest absolute Gasteiger partial charge is 0.170 e. The van der Waals surface area contributed by atoms with Gasteiger partial charge in [-0.2, -0.15) is 0 Å². The molecule has 6 N–H and O–H groups in total. The molecule has 4 saturated carbocycles. The maximum absolute atomic E-state index is 11.0. The van der Waals surface area contributed by atoms with Crippen LogP contribution >= 0.6 is 0 Å². The van der Waals surface area contributed by atoms with Crippen LogP contribution in [0, 0.1) is 30.1 Å². The van der Waals surface area contributed by atoms with Gasteiger partial charge in [0.1, 0.15) is 0 Å². The van der Waals surface area contributed by atoms with E-state index in [2.05, 4.69) is 5.92 Å². The van der Waals surface area contributed by atoms with Gasteiger partial charge in [0.15, 0.2) is 5.79 Å². The lowest BCUT2D eigenvalue weighted by Crippen LogP contribution is -2.81. The Labute approximate surface area is 165 Å². The molecule has 4 bridgehead atoms. The first-order valence-electron chi connectivity index (χ1n) is 9.99. The normalized spacial score (nSPS) is 37.6. The van der Waals surface area contributed by atoms with Crippen molar-refractivity contribution in [1.29, 1.82) is 0 Å². The minimum atomic E-state index is -1.82. The third-order valence-corrected chi connectivity index (χ3v) is 7.68. The maximum Gasteiger partial charge on any atom is 0.170 e. The minimum absolute atomic E-state index is 0.224. The van der Waals surface area contributed by atoms with Crippen LogP contribution in [0.4, 0.5) is 0 Å². The molecular formula is C24H26N2O2. The molecule has 5 atom stereocenters. The van der Waals surface area contributed by atoms with Crippen molar-refractivity contribution >= 4 is 0 Å². The van der Waals surface area contributed by atoms with Gasteiger partial charge in [-0.1, -0.05) is 54.5 Å². The Bertz CT molecular complexity index is 980. The second-order valence-electron chi connectivity index (χ2n) is 9.04. The van der Waals surface area contributed by atoms with Crippen molar-refractivity contribution in [3.05, 3.63) is 59.7 Å². The van der Waals surface area contributed by atoms with Crippen LogP contribution in [0.15, 0.2) is 48.5 Å². The summed E-state index contributed by atoms with van der Waals surface area (Å²) in [5.41, 5.74) is 15.7. The van der Waals surface area contributed by atoms with E-state index < -0.39 is 22.8 Å². The van der Waals surface area contributed by atoms with Crippen molar-refractivity contribution in [1.82, 2.24) is 0 Å². The lowest BCUT2D eigenvalue weighted by atomic mass is 9.42. The number of terminal acetylenes is 1.